The Bertz CT molecular complexity index is 583. The summed E-state index contributed by atoms with van der Waals surface area (Å²) >= 11 is 1.26. The van der Waals surface area contributed by atoms with Gasteiger partial charge in [0.1, 0.15) is 11.4 Å². The number of rotatable bonds is 3. The molecule has 0 spiro atoms. The molecule has 2 aromatic rings. The van der Waals surface area contributed by atoms with E-state index in [-0.39, 0.29) is 11.9 Å². The topological polar surface area (TPSA) is 84.3 Å². The molecule has 0 aliphatic rings. The molecule has 100 valence electrons. The van der Waals surface area contributed by atoms with Crippen molar-refractivity contribution in [1.29, 1.82) is 0 Å². The summed E-state index contributed by atoms with van der Waals surface area (Å²) in [5.74, 6) is 0.117. The van der Waals surface area contributed by atoms with E-state index in [1.54, 1.807) is 19.2 Å². The predicted molar refractivity (Wildman–Crippen MR) is 72.2 cm³/mol. The van der Waals surface area contributed by atoms with E-state index in [1.165, 1.54) is 29.7 Å². The molecule has 0 aromatic carbocycles. The van der Waals surface area contributed by atoms with Crippen LogP contribution in [0.25, 0.3) is 11.4 Å². The summed E-state index contributed by atoms with van der Waals surface area (Å²) in [5, 5.41) is 14.1. The number of nitrogens with zero attached hydrogens (tertiary/aromatic N) is 2. The van der Waals surface area contributed by atoms with Crippen LogP contribution in [0.15, 0.2) is 23.7 Å². The molecule has 0 atom stereocenters. The SMILES string of the molecule is CC(C)OC(=O)Nc1nc(-c2cc(O)ccn2)cs1. The third-order valence-corrected chi connectivity index (χ3v) is 2.82. The highest BCUT2D eigenvalue weighted by Gasteiger charge is 2.10. The lowest BCUT2D eigenvalue weighted by molar-refractivity contribution is 0.130. The number of hydrogen-bond acceptors (Lipinski definition) is 6. The first-order chi connectivity index (χ1) is 9.04. The van der Waals surface area contributed by atoms with Crippen LogP contribution in [0.5, 0.6) is 5.75 Å². The maximum atomic E-state index is 11.4. The number of carbonyl (C=O) groups excluding carboxylic acids is 1. The van der Waals surface area contributed by atoms with E-state index in [1.807, 2.05) is 0 Å². The normalized spacial score (nSPS) is 10.5. The molecule has 0 aliphatic heterocycles. The van der Waals surface area contributed by atoms with Gasteiger partial charge in [0, 0.05) is 17.6 Å². The molecule has 0 fully saturated rings. The van der Waals surface area contributed by atoms with Crippen LogP contribution in [-0.4, -0.2) is 27.3 Å². The smallest absolute Gasteiger partial charge is 0.413 e. The zero-order chi connectivity index (χ0) is 13.8. The number of carbonyl (C=O) groups is 1. The van der Waals surface area contributed by atoms with Crippen molar-refractivity contribution in [2.24, 2.45) is 0 Å². The Morgan fingerprint density at radius 2 is 2.26 bits per heavy atom. The molecule has 2 aromatic heterocycles. The summed E-state index contributed by atoms with van der Waals surface area (Å²) in [6, 6.07) is 2.99. The maximum Gasteiger partial charge on any atom is 0.413 e. The Morgan fingerprint density at radius 3 is 2.95 bits per heavy atom. The highest BCUT2D eigenvalue weighted by Crippen LogP contribution is 2.25. The van der Waals surface area contributed by atoms with Gasteiger partial charge in [-0.3, -0.25) is 10.3 Å². The lowest BCUT2D eigenvalue weighted by Crippen LogP contribution is -2.17. The number of aromatic nitrogens is 2. The number of nitrogens with one attached hydrogen (secondary N) is 1. The summed E-state index contributed by atoms with van der Waals surface area (Å²) in [6.45, 7) is 3.53. The summed E-state index contributed by atoms with van der Waals surface area (Å²) in [5.41, 5.74) is 1.13. The fourth-order valence-electron chi connectivity index (χ4n) is 1.34. The zero-order valence-corrected chi connectivity index (χ0v) is 11.3. The van der Waals surface area contributed by atoms with E-state index in [2.05, 4.69) is 15.3 Å². The van der Waals surface area contributed by atoms with E-state index in [0.29, 0.717) is 16.5 Å². The Labute approximate surface area is 114 Å². The van der Waals surface area contributed by atoms with Crippen LogP contribution in [0.2, 0.25) is 0 Å². The fourth-order valence-corrected chi connectivity index (χ4v) is 2.03. The van der Waals surface area contributed by atoms with Crippen molar-refractivity contribution in [2.45, 2.75) is 20.0 Å². The number of anilines is 1. The highest BCUT2D eigenvalue weighted by atomic mass is 32.1. The number of amides is 1. The van der Waals surface area contributed by atoms with Crippen molar-refractivity contribution in [3.05, 3.63) is 23.7 Å². The van der Waals surface area contributed by atoms with E-state index in [4.69, 9.17) is 4.74 Å². The first-order valence-electron chi connectivity index (χ1n) is 5.63. The second-order valence-electron chi connectivity index (χ2n) is 4.02. The van der Waals surface area contributed by atoms with E-state index >= 15 is 0 Å². The van der Waals surface area contributed by atoms with Gasteiger partial charge >= 0.3 is 6.09 Å². The molecule has 0 saturated carbocycles. The summed E-state index contributed by atoms with van der Waals surface area (Å²) < 4.78 is 4.95. The number of thiazole rings is 1. The van der Waals surface area contributed by atoms with Crippen LogP contribution in [-0.2, 0) is 4.74 Å². The molecule has 2 N–H and O–H groups in total. The third kappa shape index (κ3) is 3.65. The van der Waals surface area contributed by atoms with Gasteiger partial charge in [0.15, 0.2) is 5.13 Å². The quantitative estimate of drug-likeness (QED) is 0.902. The van der Waals surface area contributed by atoms with Crippen LogP contribution >= 0.6 is 11.3 Å². The lowest BCUT2D eigenvalue weighted by atomic mass is 10.3. The summed E-state index contributed by atoms with van der Waals surface area (Å²) in [7, 11) is 0. The molecule has 2 heterocycles. The average Bonchev–Trinajstić information content (AvgIpc) is 2.76. The molecule has 6 nitrogen and oxygen atoms in total. The van der Waals surface area contributed by atoms with Gasteiger partial charge in [-0.05, 0) is 19.9 Å². The summed E-state index contributed by atoms with van der Waals surface area (Å²) in [6.07, 6.45) is 0.761. The van der Waals surface area contributed by atoms with Crippen molar-refractivity contribution < 1.29 is 14.6 Å². The molecule has 1 amide bonds. The molecule has 19 heavy (non-hydrogen) atoms. The second-order valence-corrected chi connectivity index (χ2v) is 4.87. The molecule has 0 saturated heterocycles. The van der Waals surface area contributed by atoms with Crippen molar-refractivity contribution in [3.63, 3.8) is 0 Å². The minimum Gasteiger partial charge on any atom is -0.508 e. The van der Waals surface area contributed by atoms with E-state index in [0.717, 1.165) is 0 Å². The molecule has 0 bridgehead atoms. The van der Waals surface area contributed by atoms with Gasteiger partial charge < -0.3 is 9.84 Å². The van der Waals surface area contributed by atoms with Crippen molar-refractivity contribution in [1.82, 2.24) is 9.97 Å². The van der Waals surface area contributed by atoms with Crippen molar-refractivity contribution in [2.75, 3.05) is 5.32 Å². The molecule has 0 radical (unpaired) electrons. The molecular formula is C12H13N3O3S. The van der Waals surface area contributed by atoms with Gasteiger partial charge in [0.2, 0.25) is 0 Å². The van der Waals surface area contributed by atoms with Crippen molar-refractivity contribution in [3.8, 4) is 17.1 Å². The monoisotopic (exact) mass is 279 g/mol. The Hall–Kier alpha value is -2.15. The minimum atomic E-state index is -0.542. The molecular weight excluding hydrogens is 266 g/mol. The third-order valence-electron chi connectivity index (χ3n) is 2.06. The van der Waals surface area contributed by atoms with Gasteiger partial charge in [-0.25, -0.2) is 9.78 Å². The molecule has 0 unspecified atom stereocenters. The maximum absolute atomic E-state index is 11.4. The Balaban J connectivity index is 2.09. The Kier molecular flexibility index (Phi) is 3.96. The number of pyridine rings is 1. The van der Waals surface area contributed by atoms with E-state index in [9.17, 15) is 9.90 Å². The highest BCUT2D eigenvalue weighted by molar-refractivity contribution is 7.14. The van der Waals surface area contributed by atoms with E-state index < -0.39 is 6.09 Å². The largest absolute Gasteiger partial charge is 0.508 e. The Morgan fingerprint density at radius 1 is 1.47 bits per heavy atom. The lowest BCUT2D eigenvalue weighted by Gasteiger charge is -2.06. The van der Waals surface area contributed by atoms with Crippen LogP contribution in [0.3, 0.4) is 0 Å². The van der Waals surface area contributed by atoms with Crippen LogP contribution in [0, 0.1) is 0 Å². The number of ether oxygens (including phenoxy) is 1. The van der Waals surface area contributed by atoms with Gasteiger partial charge in [0.05, 0.1) is 11.8 Å². The molecule has 2 rings (SSSR count). The zero-order valence-electron chi connectivity index (χ0n) is 10.5. The van der Waals surface area contributed by atoms with Gasteiger partial charge in [-0.2, -0.15) is 0 Å². The van der Waals surface area contributed by atoms with Crippen LogP contribution in [0.1, 0.15) is 13.8 Å². The first kappa shape index (κ1) is 13.3. The predicted octanol–water partition coefficient (Wildman–Crippen LogP) is 2.87. The van der Waals surface area contributed by atoms with Gasteiger partial charge in [0.25, 0.3) is 0 Å². The average molecular weight is 279 g/mol. The number of aromatic hydroxyl groups is 1. The standard InChI is InChI=1S/C12H13N3O3S/c1-7(2)18-12(17)15-11-14-10(6-19-11)9-5-8(16)3-4-13-9/h3-7H,1-2H3,(H,13,16)(H,14,15,17). The second kappa shape index (κ2) is 5.66. The fraction of sp³-hybridized carbons (Fsp3) is 0.250. The first-order valence-corrected chi connectivity index (χ1v) is 6.51. The van der Waals surface area contributed by atoms with Crippen LogP contribution in [0.4, 0.5) is 9.93 Å². The number of hydrogen-bond donors (Lipinski definition) is 2. The minimum absolute atomic E-state index is 0.117. The van der Waals surface area contributed by atoms with Crippen LogP contribution < -0.4 is 5.32 Å². The summed E-state index contributed by atoms with van der Waals surface area (Å²) in [4.78, 5) is 19.7. The van der Waals surface area contributed by atoms with Crippen molar-refractivity contribution >= 4 is 22.6 Å². The molecule has 7 heteroatoms. The van der Waals surface area contributed by atoms with Gasteiger partial charge in [-0.1, -0.05) is 0 Å². The molecule has 0 aliphatic carbocycles. The van der Waals surface area contributed by atoms with Gasteiger partial charge in [-0.15, -0.1) is 11.3 Å².